The van der Waals surface area contributed by atoms with E-state index in [-0.39, 0.29) is 11.8 Å². The second kappa shape index (κ2) is 6.95. The largest absolute Gasteiger partial charge is 0.389 e. The van der Waals surface area contributed by atoms with E-state index in [2.05, 4.69) is 4.98 Å². The third kappa shape index (κ3) is 3.28. The smallest absolute Gasteiger partial charge is 0.265 e. The molecule has 1 saturated heterocycles. The average molecular weight is 391 g/mol. The van der Waals surface area contributed by atoms with Crippen molar-refractivity contribution in [2.75, 3.05) is 13.1 Å². The Balaban J connectivity index is 1.54. The predicted octanol–water partition coefficient (Wildman–Crippen LogP) is 4.54. The number of likely N-dealkylation sites (tertiary alicyclic amines) is 1. The summed E-state index contributed by atoms with van der Waals surface area (Å²) in [6, 6.07) is 7.53. The second-order valence-corrected chi connectivity index (χ2v) is 8.92. The van der Waals surface area contributed by atoms with Crippen LogP contribution in [0.2, 0.25) is 5.02 Å². The number of benzene rings is 1. The molecule has 138 valence electrons. The number of halogens is 1. The van der Waals surface area contributed by atoms with E-state index in [0.717, 1.165) is 41.9 Å². The highest BCUT2D eigenvalue weighted by atomic mass is 35.5. The van der Waals surface area contributed by atoms with Gasteiger partial charge in [-0.3, -0.25) is 4.79 Å². The lowest BCUT2D eigenvalue weighted by Gasteiger charge is -2.47. The van der Waals surface area contributed by atoms with Crippen molar-refractivity contribution < 1.29 is 9.90 Å². The number of piperidine rings is 1. The molecule has 1 aliphatic heterocycles. The zero-order valence-corrected chi connectivity index (χ0v) is 16.4. The summed E-state index contributed by atoms with van der Waals surface area (Å²) in [5.41, 5.74) is 1.18. The summed E-state index contributed by atoms with van der Waals surface area (Å²) in [5, 5.41) is 12.4. The summed E-state index contributed by atoms with van der Waals surface area (Å²) >= 11 is 7.40. The van der Waals surface area contributed by atoms with E-state index in [1.165, 1.54) is 11.3 Å². The van der Waals surface area contributed by atoms with Crippen molar-refractivity contribution in [3.8, 4) is 10.6 Å². The Kier molecular flexibility index (Phi) is 4.80. The first-order valence-corrected chi connectivity index (χ1v) is 10.4. The van der Waals surface area contributed by atoms with Gasteiger partial charge in [0.25, 0.3) is 5.91 Å². The van der Waals surface area contributed by atoms with Gasteiger partial charge in [0.15, 0.2) is 0 Å². The Morgan fingerprint density at radius 2 is 2.08 bits per heavy atom. The number of amides is 1. The van der Waals surface area contributed by atoms with E-state index < -0.39 is 5.60 Å². The molecule has 6 heteroatoms. The third-order valence-corrected chi connectivity index (χ3v) is 7.24. The van der Waals surface area contributed by atoms with Crippen molar-refractivity contribution >= 4 is 28.8 Å². The quantitative estimate of drug-likeness (QED) is 0.819. The highest BCUT2D eigenvalue weighted by molar-refractivity contribution is 7.17. The molecular formula is C20H23ClN2O2S. The van der Waals surface area contributed by atoms with Crippen LogP contribution in [0.15, 0.2) is 24.3 Å². The van der Waals surface area contributed by atoms with Crippen molar-refractivity contribution in [1.82, 2.24) is 9.88 Å². The van der Waals surface area contributed by atoms with Gasteiger partial charge < -0.3 is 10.0 Å². The lowest BCUT2D eigenvalue weighted by atomic mass is 9.71. The Morgan fingerprint density at radius 1 is 1.31 bits per heavy atom. The Morgan fingerprint density at radius 3 is 2.85 bits per heavy atom. The fraction of sp³-hybridized carbons (Fsp3) is 0.500. The number of hydrogen-bond donors (Lipinski definition) is 1. The molecule has 1 N–H and O–H groups in total. The fourth-order valence-electron chi connectivity index (χ4n) is 4.21. The first kappa shape index (κ1) is 18.0. The minimum atomic E-state index is -0.563. The van der Waals surface area contributed by atoms with Gasteiger partial charge in [-0.25, -0.2) is 4.98 Å². The van der Waals surface area contributed by atoms with Gasteiger partial charge in [0.2, 0.25) is 0 Å². The van der Waals surface area contributed by atoms with Crippen LogP contribution in [0.3, 0.4) is 0 Å². The third-order valence-electron chi connectivity index (χ3n) is 5.80. The van der Waals surface area contributed by atoms with Gasteiger partial charge in [-0.2, -0.15) is 0 Å². The summed E-state index contributed by atoms with van der Waals surface area (Å²) in [5.74, 6) is 0.255. The first-order chi connectivity index (χ1) is 12.5. The monoisotopic (exact) mass is 390 g/mol. The number of rotatable bonds is 2. The average Bonchev–Trinajstić information content (AvgIpc) is 3.02. The Bertz CT molecular complexity index is 820. The summed E-state index contributed by atoms with van der Waals surface area (Å²) < 4.78 is 0. The number of carbonyl (C=O) groups is 1. The van der Waals surface area contributed by atoms with Crippen molar-refractivity contribution in [1.29, 1.82) is 0 Å². The zero-order valence-electron chi connectivity index (χ0n) is 14.9. The maximum absolute atomic E-state index is 13.1. The van der Waals surface area contributed by atoms with E-state index in [1.54, 1.807) is 0 Å². The van der Waals surface area contributed by atoms with Crippen LogP contribution in [-0.4, -0.2) is 39.6 Å². The van der Waals surface area contributed by atoms with Crippen LogP contribution < -0.4 is 0 Å². The molecule has 2 atom stereocenters. The van der Waals surface area contributed by atoms with Crippen LogP contribution in [0.25, 0.3) is 10.6 Å². The maximum Gasteiger partial charge on any atom is 0.265 e. The fourth-order valence-corrected chi connectivity index (χ4v) is 5.38. The summed E-state index contributed by atoms with van der Waals surface area (Å²) in [4.78, 5) is 20.3. The molecule has 0 spiro atoms. The highest BCUT2D eigenvalue weighted by Crippen LogP contribution is 2.40. The molecule has 4 rings (SSSR count). The van der Waals surface area contributed by atoms with Crippen LogP contribution in [0.1, 0.15) is 47.5 Å². The minimum Gasteiger partial charge on any atom is -0.389 e. The van der Waals surface area contributed by atoms with Gasteiger partial charge in [0.1, 0.15) is 9.88 Å². The van der Waals surface area contributed by atoms with Crippen LogP contribution in [0.4, 0.5) is 0 Å². The van der Waals surface area contributed by atoms with Crippen molar-refractivity contribution in [3.63, 3.8) is 0 Å². The van der Waals surface area contributed by atoms with Crippen LogP contribution in [-0.2, 0) is 0 Å². The van der Waals surface area contributed by atoms with Crippen molar-refractivity contribution in [3.05, 3.63) is 39.9 Å². The summed E-state index contributed by atoms with van der Waals surface area (Å²) in [6.07, 6.45) is 4.82. The molecule has 2 fully saturated rings. The molecule has 0 unspecified atom stereocenters. The number of aromatic nitrogens is 1. The summed E-state index contributed by atoms with van der Waals surface area (Å²) in [6.45, 7) is 3.17. The molecule has 2 heterocycles. The number of hydrogen-bond acceptors (Lipinski definition) is 4. The van der Waals surface area contributed by atoms with E-state index >= 15 is 0 Å². The number of fused-ring (bicyclic) bond motifs is 1. The Labute approximate surface area is 162 Å². The number of carbonyl (C=O) groups excluding carboxylic acids is 1. The number of aryl methyl sites for hydroxylation is 1. The second-order valence-electron chi connectivity index (χ2n) is 7.49. The van der Waals surface area contributed by atoms with Gasteiger partial charge in [-0.1, -0.05) is 36.6 Å². The standard InChI is InChI=1S/C20H23ClN2O2S/c1-13-17(26-18(22-13)14-5-7-16(21)8-6-14)19(24)23-11-10-20(25)9-3-2-4-15(20)12-23/h5-8,15,25H,2-4,9-12H2,1H3/t15-,20+/m1/s1. The van der Waals surface area contributed by atoms with Gasteiger partial charge >= 0.3 is 0 Å². The Hall–Kier alpha value is -1.43. The number of aliphatic hydroxyl groups is 1. The predicted molar refractivity (Wildman–Crippen MR) is 105 cm³/mol. The summed E-state index contributed by atoms with van der Waals surface area (Å²) in [7, 11) is 0. The molecule has 0 bridgehead atoms. The van der Waals surface area contributed by atoms with E-state index in [0.29, 0.717) is 29.4 Å². The van der Waals surface area contributed by atoms with Crippen LogP contribution >= 0.6 is 22.9 Å². The molecule has 1 aromatic carbocycles. The molecule has 1 amide bonds. The van der Waals surface area contributed by atoms with Crippen molar-refractivity contribution in [2.45, 2.75) is 44.6 Å². The molecule has 1 aromatic heterocycles. The number of nitrogens with zero attached hydrogens (tertiary/aromatic N) is 2. The van der Waals surface area contributed by atoms with Crippen LogP contribution in [0.5, 0.6) is 0 Å². The molecule has 1 aliphatic carbocycles. The SMILES string of the molecule is Cc1nc(-c2ccc(Cl)cc2)sc1C(=O)N1CC[C@@]2(O)CCCC[C@@H]2C1. The highest BCUT2D eigenvalue weighted by Gasteiger charge is 2.44. The lowest BCUT2D eigenvalue weighted by molar-refractivity contribution is -0.0885. The maximum atomic E-state index is 13.1. The van der Waals surface area contributed by atoms with Gasteiger partial charge in [0, 0.05) is 29.6 Å². The lowest BCUT2D eigenvalue weighted by Crippen LogP contribution is -2.54. The molecule has 0 radical (unpaired) electrons. The molecule has 1 saturated carbocycles. The van der Waals surface area contributed by atoms with Gasteiger partial charge in [-0.05, 0) is 38.3 Å². The first-order valence-electron chi connectivity index (χ1n) is 9.21. The molecule has 26 heavy (non-hydrogen) atoms. The van der Waals surface area contributed by atoms with E-state index in [1.807, 2.05) is 36.1 Å². The van der Waals surface area contributed by atoms with Crippen LogP contribution in [0, 0.1) is 12.8 Å². The molecule has 2 aromatic rings. The van der Waals surface area contributed by atoms with Gasteiger partial charge in [-0.15, -0.1) is 11.3 Å². The normalized spacial score (nSPS) is 25.8. The molecule has 4 nitrogen and oxygen atoms in total. The van der Waals surface area contributed by atoms with E-state index in [9.17, 15) is 9.90 Å². The topological polar surface area (TPSA) is 53.4 Å². The zero-order chi connectivity index (χ0) is 18.3. The molecular weight excluding hydrogens is 368 g/mol. The van der Waals surface area contributed by atoms with E-state index in [4.69, 9.17) is 11.6 Å². The minimum absolute atomic E-state index is 0.0489. The van der Waals surface area contributed by atoms with Crippen molar-refractivity contribution in [2.24, 2.45) is 5.92 Å². The number of thiazole rings is 1. The van der Waals surface area contributed by atoms with Gasteiger partial charge in [0.05, 0.1) is 11.3 Å². The molecule has 2 aliphatic rings.